The van der Waals surface area contributed by atoms with Crippen molar-refractivity contribution >= 4 is 29.3 Å². The number of nitro benzene ring substituents is 1. The Balaban J connectivity index is 1.94. The van der Waals surface area contributed by atoms with Gasteiger partial charge in [-0.3, -0.25) is 19.7 Å². The Morgan fingerprint density at radius 3 is 2.54 bits per heavy atom. The van der Waals surface area contributed by atoms with E-state index in [-0.39, 0.29) is 24.4 Å². The Morgan fingerprint density at radius 1 is 1.19 bits per heavy atom. The number of rotatable bonds is 5. The summed E-state index contributed by atoms with van der Waals surface area (Å²) >= 11 is 0. The average Bonchev–Trinajstić information content (AvgIpc) is 2.62. The number of carboxylic acid groups (broad SMARTS) is 1. The minimum Gasteiger partial charge on any atom is -0.481 e. The van der Waals surface area contributed by atoms with Gasteiger partial charge >= 0.3 is 5.97 Å². The molecular formula is C18H14N2O6. The van der Waals surface area contributed by atoms with Gasteiger partial charge in [0.15, 0.2) is 11.5 Å². The molecule has 8 heteroatoms. The molecule has 0 fully saturated rings. The highest BCUT2D eigenvalue weighted by Gasteiger charge is 2.30. The van der Waals surface area contributed by atoms with Crippen LogP contribution >= 0.6 is 0 Å². The van der Waals surface area contributed by atoms with Gasteiger partial charge in [-0.1, -0.05) is 12.1 Å². The van der Waals surface area contributed by atoms with E-state index in [0.717, 1.165) is 0 Å². The third-order valence-electron chi connectivity index (χ3n) is 3.78. The van der Waals surface area contributed by atoms with Crippen LogP contribution in [0.15, 0.2) is 54.3 Å². The number of hydrogen-bond acceptors (Lipinski definition) is 5. The molecule has 2 aromatic rings. The van der Waals surface area contributed by atoms with Gasteiger partial charge in [0, 0.05) is 18.7 Å². The van der Waals surface area contributed by atoms with Gasteiger partial charge in [-0.25, -0.2) is 0 Å². The summed E-state index contributed by atoms with van der Waals surface area (Å²) in [5.41, 5.74) is 0.993. The molecule has 3 rings (SSSR count). The van der Waals surface area contributed by atoms with E-state index in [1.165, 1.54) is 35.2 Å². The Kier molecular flexibility index (Phi) is 4.66. The molecule has 0 aliphatic carbocycles. The number of carboxylic acids is 1. The van der Waals surface area contributed by atoms with Gasteiger partial charge in [-0.05, 0) is 35.9 Å². The first-order valence-electron chi connectivity index (χ1n) is 7.72. The van der Waals surface area contributed by atoms with E-state index in [9.17, 15) is 19.7 Å². The maximum atomic E-state index is 12.7. The zero-order valence-electron chi connectivity index (χ0n) is 13.5. The number of benzene rings is 2. The minimum atomic E-state index is -1.01. The van der Waals surface area contributed by atoms with Crippen LogP contribution in [0.25, 0.3) is 6.08 Å². The van der Waals surface area contributed by atoms with Crippen LogP contribution < -0.4 is 9.64 Å². The van der Waals surface area contributed by atoms with E-state index >= 15 is 0 Å². The topological polar surface area (TPSA) is 110 Å². The number of fused-ring (bicyclic) bond motifs is 1. The van der Waals surface area contributed by atoms with Gasteiger partial charge in [-0.15, -0.1) is 0 Å². The van der Waals surface area contributed by atoms with Gasteiger partial charge in [0.05, 0.1) is 17.0 Å². The van der Waals surface area contributed by atoms with Crippen molar-refractivity contribution in [1.29, 1.82) is 0 Å². The number of aliphatic carboxylic acids is 1. The number of carbonyl (C=O) groups excluding carboxylic acids is 1. The molecule has 0 bridgehead atoms. The summed E-state index contributed by atoms with van der Waals surface area (Å²) in [7, 11) is 0. The minimum absolute atomic E-state index is 0.00609. The maximum absolute atomic E-state index is 12.7. The monoisotopic (exact) mass is 354 g/mol. The van der Waals surface area contributed by atoms with Crippen molar-refractivity contribution in [1.82, 2.24) is 0 Å². The van der Waals surface area contributed by atoms with Crippen molar-refractivity contribution in [2.24, 2.45) is 0 Å². The van der Waals surface area contributed by atoms with Crippen LogP contribution in [0.4, 0.5) is 11.4 Å². The third-order valence-corrected chi connectivity index (χ3v) is 3.78. The van der Waals surface area contributed by atoms with Crippen molar-refractivity contribution < 1.29 is 24.4 Å². The number of nitrogens with zero attached hydrogens (tertiary/aromatic N) is 2. The standard InChI is InChI=1S/C18H14N2O6/c21-17(22)9-10-19-14-3-1-2-4-15(14)26-16(18(19)23)11-12-5-7-13(8-6-12)20(24)25/h1-8,11H,9-10H2,(H,21,22)/b16-11+. The van der Waals surface area contributed by atoms with Crippen molar-refractivity contribution in [3.8, 4) is 5.75 Å². The fourth-order valence-corrected chi connectivity index (χ4v) is 2.54. The summed E-state index contributed by atoms with van der Waals surface area (Å²) in [6, 6.07) is 12.5. The predicted molar refractivity (Wildman–Crippen MR) is 92.7 cm³/mol. The molecule has 0 saturated heterocycles. The van der Waals surface area contributed by atoms with Crippen LogP contribution in [-0.4, -0.2) is 28.5 Å². The van der Waals surface area contributed by atoms with Crippen LogP contribution in [0, 0.1) is 10.1 Å². The van der Waals surface area contributed by atoms with E-state index in [0.29, 0.717) is 17.0 Å². The summed E-state index contributed by atoms with van der Waals surface area (Å²) in [5, 5.41) is 19.6. The van der Waals surface area contributed by atoms with E-state index in [1.54, 1.807) is 24.3 Å². The smallest absolute Gasteiger partial charge is 0.305 e. The number of amides is 1. The SMILES string of the molecule is O=C(O)CCN1C(=O)/C(=C\c2ccc([N+](=O)[O-])cc2)Oc2ccccc21. The molecule has 0 aromatic heterocycles. The number of ether oxygens (including phenoxy) is 1. The Bertz CT molecular complexity index is 904. The molecule has 0 spiro atoms. The van der Waals surface area contributed by atoms with E-state index in [1.807, 2.05) is 0 Å². The number of hydrogen-bond donors (Lipinski definition) is 1. The number of non-ortho nitro benzene ring substituents is 1. The summed E-state index contributed by atoms with van der Waals surface area (Å²) in [6.45, 7) is 0.00609. The zero-order chi connectivity index (χ0) is 18.7. The van der Waals surface area contributed by atoms with Crippen LogP contribution in [0.1, 0.15) is 12.0 Å². The molecule has 26 heavy (non-hydrogen) atoms. The lowest BCUT2D eigenvalue weighted by atomic mass is 10.1. The molecular weight excluding hydrogens is 340 g/mol. The molecule has 0 radical (unpaired) electrons. The second kappa shape index (κ2) is 7.06. The summed E-state index contributed by atoms with van der Waals surface area (Å²) < 4.78 is 5.65. The number of anilines is 1. The second-order valence-corrected chi connectivity index (χ2v) is 5.53. The Morgan fingerprint density at radius 2 is 1.88 bits per heavy atom. The highest BCUT2D eigenvalue weighted by molar-refractivity contribution is 6.10. The van der Waals surface area contributed by atoms with Crippen LogP contribution in [0.5, 0.6) is 5.75 Å². The van der Waals surface area contributed by atoms with Crippen LogP contribution in [-0.2, 0) is 9.59 Å². The Hall–Kier alpha value is -3.68. The second-order valence-electron chi connectivity index (χ2n) is 5.53. The predicted octanol–water partition coefficient (Wildman–Crippen LogP) is 2.84. The molecule has 1 amide bonds. The Labute approximate surface area is 148 Å². The molecule has 132 valence electrons. The maximum Gasteiger partial charge on any atom is 0.305 e. The highest BCUT2D eigenvalue weighted by atomic mass is 16.6. The molecule has 2 aromatic carbocycles. The van der Waals surface area contributed by atoms with Crippen molar-refractivity contribution in [3.05, 3.63) is 70.0 Å². The molecule has 1 heterocycles. The van der Waals surface area contributed by atoms with Crippen molar-refractivity contribution in [3.63, 3.8) is 0 Å². The first kappa shape index (κ1) is 17.2. The van der Waals surface area contributed by atoms with Gasteiger partial charge in [0.1, 0.15) is 0 Å². The molecule has 1 aliphatic heterocycles. The molecule has 0 saturated carbocycles. The van der Waals surface area contributed by atoms with Gasteiger partial charge in [0.25, 0.3) is 11.6 Å². The van der Waals surface area contributed by atoms with Gasteiger partial charge in [-0.2, -0.15) is 0 Å². The van der Waals surface area contributed by atoms with E-state index in [2.05, 4.69) is 0 Å². The first-order valence-corrected chi connectivity index (χ1v) is 7.72. The van der Waals surface area contributed by atoms with Gasteiger partial charge < -0.3 is 14.7 Å². The van der Waals surface area contributed by atoms with Crippen molar-refractivity contribution in [2.45, 2.75) is 6.42 Å². The largest absolute Gasteiger partial charge is 0.481 e. The lowest BCUT2D eigenvalue weighted by Gasteiger charge is -2.30. The lowest BCUT2D eigenvalue weighted by Crippen LogP contribution is -2.38. The molecule has 8 nitrogen and oxygen atoms in total. The first-order chi connectivity index (χ1) is 12.5. The zero-order valence-corrected chi connectivity index (χ0v) is 13.5. The molecule has 0 unspecified atom stereocenters. The summed E-state index contributed by atoms with van der Waals surface area (Å²) in [5.74, 6) is -1.03. The molecule has 0 atom stereocenters. The van der Waals surface area contributed by atoms with Crippen LogP contribution in [0.3, 0.4) is 0 Å². The fraction of sp³-hybridized carbons (Fsp3) is 0.111. The highest BCUT2D eigenvalue weighted by Crippen LogP contribution is 2.35. The molecule has 1 aliphatic rings. The normalized spacial score (nSPS) is 14.7. The van der Waals surface area contributed by atoms with Crippen LogP contribution in [0.2, 0.25) is 0 Å². The quantitative estimate of drug-likeness (QED) is 0.502. The number of nitro groups is 1. The third kappa shape index (κ3) is 3.54. The number of para-hydroxylation sites is 2. The summed E-state index contributed by atoms with van der Waals surface area (Å²) in [4.78, 5) is 35.2. The lowest BCUT2D eigenvalue weighted by molar-refractivity contribution is -0.384. The van der Waals surface area contributed by atoms with E-state index in [4.69, 9.17) is 9.84 Å². The number of carbonyl (C=O) groups is 2. The fourth-order valence-electron chi connectivity index (χ4n) is 2.54. The van der Waals surface area contributed by atoms with Crippen molar-refractivity contribution in [2.75, 3.05) is 11.4 Å². The summed E-state index contributed by atoms with van der Waals surface area (Å²) in [6.07, 6.45) is 1.26. The average molecular weight is 354 g/mol. The molecule has 1 N–H and O–H groups in total. The van der Waals surface area contributed by atoms with Gasteiger partial charge in [0.2, 0.25) is 0 Å². The van der Waals surface area contributed by atoms with E-state index < -0.39 is 16.8 Å².